The number of thioether (sulfide) groups is 1. The van der Waals surface area contributed by atoms with Crippen LogP contribution in [0.4, 0.5) is 13.2 Å². The summed E-state index contributed by atoms with van der Waals surface area (Å²) in [5.41, 5.74) is 1.02. The molecular weight excluding hydrogens is 461 g/mol. The maximum atomic E-state index is 13.0. The van der Waals surface area contributed by atoms with Crippen molar-refractivity contribution in [1.82, 2.24) is 10.2 Å². The Bertz CT molecular complexity index is 1050. The Labute approximate surface area is 201 Å². The Morgan fingerprint density at radius 2 is 1.82 bits per heavy atom. The van der Waals surface area contributed by atoms with E-state index in [9.17, 15) is 22.8 Å². The smallest absolute Gasteiger partial charge is 0.356 e. The average Bonchev–Trinajstić information content (AvgIpc) is 2.82. The number of likely N-dealkylation sites (N-methyl/N-ethyl adjacent to an activating group) is 1. The fraction of sp³-hybridized carbons (Fsp3) is 0.385. The number of benzene rings is 2. The zero-order chi connectivity index (χ0) is 24.3. The van der Waals surface area contributed by atoms with E-state index in [4.69, 9.17) is 0 Å². The number of alkyl halides is 3. The van der Waals surface area contributed by atoms with Crippen molar-refractivity contribution in [3.8, 4) is 0 Å². The summed E-state index contributed by atoms with van der Waals surface area (Å²) in [4.78, 5) is 27.9. The van der Waals surface area contributed by atoms with Crippen molar-refractivity contribution in [2.45, 2.75) is 43.2 Å². The Balaban J connectivity index is 1.35. The lowest BCUT2D eigenvalue weighted by molar-refractivity contribution is -0.137. The molecule has 0 bridgehead atoms. The maximum absolute atomic E-state index is 13.0. The van der Waals surface area contributed by atoms with Gasteiger partial charge < -0.3 is 10.2 Å². The molecule has 8 heteroatoms. The minimum absolute atomic E-state index is 0.0336. The molecule has 0 spiro atoms. The van der Waals surface area contributed by atoms with Crippen molar-refractivity contribution in [1.29, 1.82) is 0 Å². The normalized spacial score (nSPS) is 24.1. The number of amides is 2. The molecule has 2 aromatic carbocycles. The second-order valence-corrected chi connectivity index (χ2v) is 10.1. The van der Waals surface area contributed by atoms with E-state index in [1.54, 1.807) is 18.0 Å². The molecule has 2 amide bonds. The monoisotopic (exact) mass is 488 g/mol. The molecule has 0 radical (unpaired) electrons. The highest BCUT2D eigenvalue weighted by molar-refractivity contribution is 8.04. The number of carbonyl (C=O) groups is 2. The fourth-order valence-corrected chi connectivity index (χ4v) is 6.05. The number of hydrogen-bond donors (Lipinski definition) is 1. The van der Waals surface area contributed by atoms with E-state index in [0.717, 1.165) is 31.4 Å². The van der Waals surface area contributed by atoms with Crippen LogP contribution in [0.15, 0.2) is 59.5 Å². The third kappa shape index (κ3) is 5.66. The topological polar surface area (TPSA) is 49.4 Å². The van der Waals surface area contributed by atoms with E-state index in [2.05, 4.69) is 5.32 Å². The van der Waals surface area contributed by atoms with Gasteiger partial charge in [-0.1, -0.05) is 42.5 Å². The summed E-state index contributed by atoms with van der Waals surface area (Å²) in [7, 11) is 1.75. The third-order valence-corrected chi connectivity index (χ3v) is 7.92. The Morgan fingerprint density at radius 3 is 2.50 bits per heavy atom. The van der Waals surface area contributed by atoms with E-state index in [1.165, 1.54) is 29.5 Å². The van der Waals surface area contributed by atoms with Crippen LogP contribution in [0, 0.1) is 5.92 Å². The van der Waals surface area contributed by atoms with Crippen molar-refractivity contribution in [3.63, 3.8) is 0 Å². The van der Waals surface area contributed by atoms with Crippen LogP contribution in [-0.2, 0) is 22.2 Å². The zero-order valence-electron chi connectivity index (χ0n) is 18.8. The van der Waals surface area contributed by atoms with Crippen molar-refractivity contribution >= 4 is 29.7 Å². The number of hydrogen-bond acceptors (Lipinski definition) is 3. The van der Waals surface area contributed by atoms with E-state index in [1.807, 2.05) is 30.3 Å². The standard InChI is InChI=1S/C26H27F3N2O2S/c1-31-21-16-19(24(32)30-14-13-17-5-3-2-4-6-17)9-12-22(21)34-23(25(31)33)15-18-7-10-20(11-8-18)26(27,28)29/h2-8,10-11,15,19,21-22H,9,12-14,16H2,1H3,(H,30,32)/b23-15-. The number of nitrogens with zero attached hydrogens (tertiary/aromatic N) is 1. The first-order valence-electron chi connectivity index (χ1n) is 11.4. The molecule has 1 N–H and O–H groups in total. The van der Waals surface area contributed by atoms with Crippen molar-refractivity contribution < 1.29 is 22.8 Å². The lowest BCUT2D eigenvalue weighted by atomic mass is 9.83. The van der Waals surface area contributed by atoms with Gasteiger partial charge in [-0.15, -0.1) is 11.8 Å². The summed E-state index contributed by atoms with van der Waals surface area (Å²) in [5, 5.41) is 3.20. The van der Waals surface area contributed by atoms with Crippen LogP contribution in [0.5, 0.6) is 0 Å². The molecule has 1 heterocycles. The van der Waals surface area contributed by atoms with Crippen LogP contribution in [-0.4, -0.2) is 41.6 Å². The minimum atomic E-state index is -4.39. The van der Waals surface area contributed by atoms with Gasteiger partial charge >= 0.3 is 6.18 Å². The summed E-state index contributed by atoms with van der Waals surface area (Å²) >= 11 is 1.48. The van der Waals surface area contributed by atoms with Gasteiger partial charge in [0, 0.05) is 30.8 Å². The van der Waals surface area contributed by atoms with Crippen LogP contribution < -0.4 is 5.32 Å². The molecule has 2 fully saturated rings. The van der Waals surface area contributed by atoms with E-state index in [0.29, 0.717) is 23.4 Å². The van der Waals surface area contributed by atoms with Gasteiger partial charge in [-0.3, -0.25) is 9.59 Å². The molecule has 180 valence electrons. The predicted molar refractivity (Wildman–Crippen MR) is 128 cm³/mol. The van der Waals surface area contributed by atoms with E-state index >= 15 is 0 Å². The summed E-state index contributed by atoms with van der Waals surface area (Å²) < 4.78 is 38.4. The summed E-state index contributed by atoms with van der Waals surface area (Å²) in [5.74, 6) is -0.254. The van der Waals surface area contributed by atoms with Crippen LogP contribution >= 0.6 is 11.8 Å². The number of nitrogens with one attached hydrogen (secondary N) is 1. The molecule has 1 saturated heterocycles. The first-order chi connectivity index (χ1) is 16.2. The van der Waals surface area contributed by atoms with Crippen LogP contribution in [0.2, 0.25) is 0 Å². The number of fused-ring (bicyclic) bond motifs is 1. The Hall–Kier alpha value is -2.74. The van der Waals surface area contributed by atoms with E-state index < -0.39 is 11.7 Å². The molecule has 3 atom stereocenters. The summed E-state index contributed by atoms with van der Waals surface area (Å²) in [6, 6.07) is 14.8. The third-order valence-electron chi connectivity index (χ3n) is 6.52. The molecule has 4 nitrogen and oxygen atoms in total. The predicted octanol–water partition coefficient (Wildman–Crippen LogP) is 5.15. The van der Waals surface area contributed by atoms with Gasteiger partial charge in [-0.05, 0) is 55.0 Å². The SMILES string of the molecule is CN1C(=O)/C(=C/c2ccc(C(F)(F)F)cc2)SC2CCC(C(=O)NCCc3ccccc3)CC21. The van der Waals surface area contributed by atoms with Crippen molar-refractivity contribution in [2.75, 3.05) is 13.6 Å². The Kier molecular flexibility index (Phi) is 7.36. The summed E-state index contributed by atoms with van der Waals surface area (Å²) in [6.07, 6.45) is 0.209. The largest absolute Gasteiger partial charge is 0.416 e. The zero-order valence-corrected chi connectivity index (χ0v) is 19.7. The molecular formula is C26H27F3N2O2S. The van der Waals surface area contributed by atoms with Gasteiger partial charge in [-0.25, -0.2) is 0 Å². The number of rotatable bonds is 5. The first-order valence-corrected chi connectivity index (χ1v) is 12.2. The molecule has 34 heavy (non-hydrogen) atoms. The highest BCUT2D eigenvalue weighted by Gasteiger charge is 2.42. The average molecular weight is 489 g/mol. The maximum Gasteiger partial charge on any atom is 0.416 e. The van der Waals surface area contributed by atoms with Gasteiger partial charge in [0.15, 0.2) is 0 Å². The van der Waals surface area contributed by atoms with Gasteiger partial charge in [0.2, 0.25) is 5.91 Å². The number of halogens is 3. The van der Waals surface area contributed by atoms with Gasteiger partial charge in [-0.2, -0.15) is 13.2 Å². The molecule has 1 saturated carbocycles. The molecule has 0 aromatic heterocycles. The second-order valence-electron chi connectivity index (χ2n) is 8.80. The second kappa shape index (κ2) is 10.3. The first kappa shape index (κ1) is 24.4. The van der Waals surface area contributed by atoms with Gasteiger partial charge in [0.25, 0.3) is 5.91 Å². The molecule has 4 rings (SSSR count). The van der Waals surface area contributed by atoms with Gasteiger partial charge in [0.05, 0.1) is 10.5 Å². The highest BCUT2D eigenvalue weighted by atomic mass is 32.2. The lowest BCUT2D eigenvalue weighted by Crippen LogP contribution is -2.52. The van der Waals surface area contributed by atoms with Crippen molar-refractivity contribution in [3.05, 3.63) is 76.2 Å². The van der Waals surface area contributed by atoms with Crippen LogP contribution in [0.25, 0.3) is 6.08 Å². The number of carbonyl (C=O) groups excluding carboxylic acids is 2. The molecule has 3 unspecified atom stereocenters. The molecule has 1 aliphatic carbocycles. The molecule has 2 aromatic rings. The minimum Gasteiger partial charge on any atom is -0.356 e. The van der Waals surface area contributed by atoms with Crippen molar-refractivity contribution in [2.24, 2.45) is 5.92 Å². The summed E-state index contributed by atoms with van der Waals surface area (Å²) in [6.45, 7) is 0.580. The van der Waals surface area contributed by atoms with Gasteiger partial charge in [0.1, 0.15) is 0 Å². The highest BCUT2D eigenvalue weighted by Crippen LogP contribution is 2.43. The molecule has 1 aliphatic heterocycles. The van der Waals surface area contributed by atoms with Crippen LogP contribution in [0.3, 0.4) is 0 Å². The lowest BCUT2D eigenvalue weighted by Gasteiger charge is -2.44. The quantitative estimate of drug-likeness (QED) is 0.593. The Morgan fingerprint density at radius 1 is 1.12 bits per heavy atom. The fourth-order valence-electron chi connectivity index (χ4n) is 4.57. The van der Waals surface area contributed by atoms with Crippen LogP contribution in [0.1, 0.15) is 36.0 Å². The van der Waals surface area contributed by atoms with E-state index in [-0.39, 0.29) is 29.0 Å². The molecule has 2 aliphatic rings.